The number of quaternary nitrogens is 1. The molecule has 32 heavy (non-hydrogen) atoms. The van der Waals surface area contributed by atoms with Crippen molar-refractivity contribution in [2.45, 2.75) is 91.9 Å². The molecule has 0 amide bonds. The van der Waals surface area contributed by atoms with Gasteiger partial charge in [0.05, 0.1) is 6.54 Å². The van der Waals surface area contributed by atoms with E-state index in [0.29, 0.717) is 23.7 Å². The van der Waals surface area contributed by atoms with Crippen LogP contribution in [0.3, 0.4) is 0 Å². The van der Waals surface area contributed by atoms with Crippen LogP contribution in [-0.4, -0.2) is 19.8 Å². The van der Waals surface area contributed by atoms with Gasteiger partial charge in [-0.15, -0.1) is 0 Å². The number of hydrogen-bond donors (Lipinski definition) is 1. The van der Waals surface area contributed by atoms with Crippen molar-refractivity contribution in [2.75, 3.05) is 24.7 Å². The summed E-state index contributed by atoms with van der Waals surface area (Å²) in [5, 5.41) is 0. The Morgan fingerprint density at radius 1 is 0.656 bits per heavy atom. The molecule has 1 fully saturated rings. The van der Waals surface area contributed by atoms with Crippen LogP contribution in [0.5, 0.6) is 0 Å². The summed E-state index contributed by atoms with van der Waals surface area (Å²) in [4.78, 5) is 4.38. The highest BCUT2D eigenvalue weighted by molar-refractivity contribution is 5.62. The fourth-order valence-corrected chi connectivity index (χ4v) is 5.26. The zero-order valence-corrected chi connectivity index (χ0v) is 23.2. The van der Waals surface area contributed by atoms with Crippen molar-refractivity contribution in [1.29, 1.82) is 0 Å². The first-order valence-corrected chi connectivity index (χ1v) is 12.6. The minimum absolute atomic E-state index is 0. The Bertz CT molecular complexity index is 745. The molecule has 3 rings (SSSR count). The quantitative estimate of drug-likeness (QED) is 0.630. The second-order valence-electron chi connectivity index (χ2n) is 10.7. The Morgan fingerprint density at radius 2 is 1.09 bits per heavy atom. The Balaban J connectivity index is 0.00000363. The maximum Gasteiger partial charge on any atom is 0.157 e. The van der Waals surface area contributed by atoms with Gasteiger partial charge >= 0.3 is 0 Å². The Kier molecular flexibility index (Phi) is 9.85. The van der Waals surface area contributed by atoms with Gasteiger partial charge in [0.25, 0.3) is 0 Å². The molecule has 3 heteroatoms. The molecular weight excluding hydrogens is 456 g/mol. The lowest BCUT2D eigenvalue weighted by atomic mass is 9.91. The summed E-state index contributed by atoms with van der Waals surface area (Å²) in [6, 6.07) is 14.0. The Morgan fingerprint density at radius 3 is 1.53 bits per heavy atom. The summed E-state index contributed by atoms with van der Waals surface area (Å²) in [6.45, 7) is 22.2. The van der Waals surface area contributed by atoms with Crippen LogP contribution >= 0.6 is 0 Å². The van der Waals surface area contributed by atoms with Crippen molar-refractivity contribution in [3.05, 3.63) is 58.7 Å². The summed E-state index contributed by atoms with van der Waals surface area (Å²) in [6.07, 6.45) is 2.56. The average molecular weight is 502 g/mol. The first-order valence-electron chi connectivity index (χ1n) is 12.6. The van der Waals surface area contributed by atoms with Crippen LogP contribution in [-0.2, 0) is 0 Å². The summed E-state index contributed by atoms with van der Waals surface area (Å²) < 4.78 is 0. The van der Waals surface area contributed by atoms with E-state index in [1.54, 1.807) is 10.6 Å². The van der Waals surface area contributed by atoms with E-state index in [2.05, 4.69) is 96.7 Å². The van der Waals surface area contributed by atoms with Gasteiger partial charge in [0.1, 0.15) is 5.69 Å². The van der Waals surface area contributed by atoms with Gasteiger partial charge in [-0.1, -0.05) is 91.8 Å². The molecule has 178 valence electrons. The molecule has 0 saturated carbocycles. The van der Waals surface area contributed by atoms with Crippen LogP contribution in [0.1, 0.15) is 114 Å². The summed E-state index contributed by atoms with van der Waals surface area (Å²) in [5.41, 5.74) is 9.17. The topological polar surface area (TPSA) is 7.68 Å². The van der Waals surface area contributed by atoms with Crippen LogP contribution in [0, 0.1) is 0 Å². The highest BCUT2D eigenvalue weighted by atomic mass is 79.9. The highest BCUT2D eigenvalue weighted by Gasteiger charge is 2.29. The van der Waals surface area contributed by atoms with Crippen molar-refractivity contribution < 1.29 is 21.9 Å². The van der Waals surface area contributed by atoms with E-state index in [1.807, 2.05) is 0 Å². The zero-order chi connectivity index (χ0) is 22.7. The molecule has 2 nitrogen and oxygen atoms in total. The van der Waals surface area contributed by atoms with E-state index < -0.39 is 0 Å². The first kappa shape index (κ1) is 26.9. The molecule has 0 aromatic heterocycles. The third-order valence-electron chi connectivity index (χ3n) is 6.92. The largest absolute Gasteiger partial charge is 1.00 e. The molecule has 1 heterocycles. The third kappa shape index (κ3) is 5.78. The van der Waals surface area contributed by atoms with Gasteiger partial charge in [0.2, 0.25) is 0 Å². The summed E-state index contributed by atoms with van der Waals surface area (Å²) in [7, 11) is 0. The maximum absolute atomic E-state index is 2.73. The smallest absolute Gasteiger partial charge is 0.157 e. The van der Waals surface area contributed by atoms with Gasteiger partial charge < -0.3 is 21.9 Å². The fraction of sp³-hybridized carbons (Fsp3) is 0.586. The first-order chi connectivity index (χ1) is 14.7. The van der Waals surface area contributed by atoms with Gasteiger partial charge in [0, 0.05) is 23.4 Å². The minimum Gasteiger partial charge on any atom is -1.00 e. The second kappa shape index (κ2) is 11.7. The number of halogens is 1. The monoisotopic (exact) mass is 500 g/mol. The molecule has 0 bridgehead atoms. The van der Waals surface area contributed by atoms with E-state index in [0.717, 1.165) is 13.2 Å². The molecule has 1 saturated heterocycles. The lowest BCUT2D eigenvalue weighted by Crippen LogP contribution is -3.09. The van der Waals surface area contributed by atoms with Gasteiger partial charge in [-0.3, -0.25) is 4.90 Å². The minimum atomic E-state index is 0. The average Bonchev–Trinajstić information content (AvgIpc) is 2.98. The standard InChI is InChI=1S/C29H44N2.BrH/c1-20(2)24-13-11-14-25(21(3)4)28(24)30-17-9-10-18-31(19-30)29-26(22(5)6)15-12-16-27(29)23(7)8;/h11-16,20-23H,9-10,17-19H2,1-8H3;1H. The second-order valence-corrected chi connectivity index (χ2v) is 10.7. The molecule has 1 atom stereocenters. The summed E-state index contributed by atoms with van der Waals surface area (Å²) >= 11 is 0. The highest BCUT2D eigenvalue weighted by Crippen LogP contribution is 2.36. The van der Waals surface area contributed by atoms with E-state index in [1.165, 1.54) is 47.3 Å². The molecular formula is C29H45BrN2. The van der Waals surface area contributed by atoms with Gasteiger partial charge in [-0.2, -0.15) is 0 Å². The number of nitrogens with one attached hydrogen (secondary N) is 1. The zero-order valence-electron chi connectivity index (χ0n) is 21.6. The van der Waals surface area contributed by atoms with Crippen molar-refractivity contribution in [1.82, 2.24) is 0 Å². The molecule has 2 aromatic rings. The molecule has 1 unspecified atom stereocenters. The van der Waals surface area contributed by atoms with E-state index in [4.69, 9.17) is 0 Å². The van der Waals surface area contributed by atoms with Crippen molar-refractivity contribution in [3.8, 4) is 0 Å². The molecule has 1 N–H and O–H groups in total. The fourth-order valence-electron chi connectivity index (χ4n) is 5.26. The molecule has 0 aliphatic carbocycles. The van der Waals surface area contributed by atoms with E-state index >= 15 is 0 Å². The third-order valence-corrected chi connectivity index (χ3v) is 6.92. The number of benzene rings is 2. The van der Waals surface area contributed by atoms with Crippen molar-refractivity contribution in [2.24, 2.45) is 0 Å². The molecule has 1 aliphatic rings. The van der Waals surface area contributed by atoms with E-state index in [-0.39, 0.29) is 17.0 Å². The Hall–Kier alpha value is -1.32. The molecule has 0 spiro atoms. The normalized spacial score (nSPS) is 17.2. The van der Waals surface area contributed by atoms with Crippen LogP contribution in [0.4, 0.5) is 11.4 Å². The number of nitrogens with zero attached hydrogens (tertiary/aromatic N) is 1. The SMILES string of the molecule is CC(C)c1cccc(C(C)C)c1N1CCCC[NH+](c2c(C(C)C)cccc2C(C)C)C1.[Br-]. The molecule has 2 aromatic carbocycles. The lowest BCUT2D eigenvalue weighted by molar-refractivity contribution is -0.831. The van der Waals surface area contributed by atoms with Crippen LogP contribution in [0.25, 0.3) is 0 Å². The van der Waals surface area contributed by atoms with Crippen LogP contribution in [0.15, 0.2) is 36.4 Å². The maximum atomic E-state index is 2.73. The number of rotatable bonds is 6. The lowest BCUT2D eigenvalue weighted by Gasteiger charge is -2.33. The molecule has 1 aliphatic heterocycles. The van der Waals surface area contributed by atoms with Crippen LogP contribution < -0.4 is 26.8 Å². The number of hydrogen-bond acceptors (Lipinski definition) is 1. The van der Waals surface area contributed by atoms with E-state index in [9.17, 15) is 0 Å². The van der Waals surface area contributed by atoms with Gasteiger partial charge in [-0.25, -0.2) is 0 Å². The Labute approximate surface area is 208 Å². The van der Waals surface area contributed by atoms with Crippen molar-refractivity contribution >= 4 is 11.4 Å². The van der Waals surface area contributed by atoms with Crippen molar-refractivity contribution in [3.63, 3.8) is 0 Å². The van der Waals surface area contributed by atoms with Gasteiger partial charge in [0.15, 0.2) is 6.67 Å². The molecule has 0 radical (unpaired) electrons. The predicted octanol–water partition coefficient (Wildman–Crippen LogP) is 3.96. The number of para-hydroxylation sites is 2. The predicted molar refractivity (Wildman–Crippen MR) is 136 cm³/mol. The summed E-state index contributed by atoms with van der Waals surface area (Å²) in [5.74, 6) is 2.17. The van der Waals surface area contributed by atoms with Gasteiger partial charge in [-0.05, 0) is 47.6 Å². The van der Waals surface area contributed by atoms with Crippen LogP contribution in [0.2, 0.25) is 0 Å². The number of anilines is 1.